The number of ketones is 1. The standard InChI is InChI=1S/C48H67NO8S2/c1-27(2)28(3)39-40(57-39)42(4,55)35-11-15-48(56)36-23-37(52)47-24-34(51)38(53)33-10-14-45(36,43(33,47)5)16-17-46(35,48)13-9-29-20-31(22-32(50)21-29)49-19-18-44(41(49)54)12-7-6-8-30(44)25-58-59-26-47/h20-23,27-28,30,33-35,38-40,50-51,53,55-56H,6-19,24-26H2,1-5H3. The van der Waals surface area contributed by atoms with Gasteiger partial charge in [-0.1, -0.05) is 62.1 Å². The normalized spacial score (nSPS) is 48.1. The number of ether oxygens (including phenoxy) is 1. The van der Waals surface area contributed by atoms with Gasteiger partial charge in [0, 0.05) is 40.6 Å². The Kier molecular flexibility index (Phi) is 9.62. The van der Waals surface area contributed by atoms with E-state index in [0.717, 1.165) is 61.1 Å². The van der Waals surface area contributed by atoms with Gasteiger partial charge in [0.2, 0.25) is 5.91 Å². The lowest BCUT2D eigenvalue weighted by atomic mass is 9.35. The maximum absolute atomic E-state index is 15.4. The number of aliphatic hydroxyl groups is 4. The molecular weight excluding hydrogens is 783 g/mol. The largest absolute Gasteiger partial charge is 0.508 e. The molecule has 5 aliphatic heterocycles. The van der Waals surface area contributed by atoms with Crippen LogP contribution in [0.4, 0.5) is 5.69 Å². The van der Waals surface area contributed by atoms with E-state index in [9.17, 15) is 30.3 Å². The number of hydrogen-bond donors (Lipinski definition) is 5. The van der Waals surface area contributed by atoms with Crippen molar-refractivity contribution < 1.29 is 39.9 Å². The average Bonchev–Trinajstić information content (AvgIpc) is 3.76. The number of fused-ring (bicyclic) bond motifs is 2. The van der Waals surface area contributed by atoms with Crippen LogP contribution in [0.1, 0.15) is 124 Å². The van der Waals surface area contributed by atoms with E-state index < -0.39 is 50.5 Å². The molecule has 15 unspecified atom stereocenters. The van der Waals surface area contributed by atoms with Gasteiger partial charge in [0.15, 0.2) is 5.78 Å². The van der Waals surface area contributed by atoms with Crippen LogP contribution < -0.4 is 4.90 Å². The summed E-state index contributed by atoms with van der Waals surface area (Å²) in [6.45, 7) is 11.3. The van der Waals surface area contributed by atoms with Crippen LogP contribution in [0.25, 0.3) is 0 Å². The minimum atomic E-state index is -1.41. The van der Waals surface area contributed by atoms with Crippen LogP contribution in [0.5, 0.6) is 5.75 Å². The second kappa shape index (κ2) is 13.7. The van der Waals surface area contributed by atoms with Gasteiger partial charge in [0.25, 0.3) is 0 Å². The second-order valence-corrected chi connectivity index (χ2v) is 24.4. The van der Waals surface area contributed by atoms with Crippen molar-refractivity contribution in [2.75, 3.05) is 23.0 Å². The smallest absolute Gasteiger partial charge is 0.233 e. The zero-order valence-corrected chi connectivity index (χ0v) is 37.4. The molecule has 5 N–H and O–H groups in total. The number of benzene rings is 1. The number of hydrogen-bond acceptors (Lipinski definition) is 10. The van der Waals surface area contributed by atoms with Crippen molar-refractivity contribution in [1.82, 2.24) is 0 Å². The summed E-state index contributed by atoms with van der Waals surface area (Å²) in [7, 11) is 3.46. The van der Waals surface area contributed by atoms with Crippen LogP contribution in [0.2, 0.25) is 0 Å². The zero-order chi connectivity index (χ0) is 41.7. The van der Waals surface area contributed by atoms with Crippen LogP contribution in [0, 0.1) is 56.7 Å². The van der Waals surface area contributed by atoms with E-state index in [1.807, 2.05) is 17.9 Å². The Morgan fingerprint density at radius 3 is 2.51 bits per heavy atom. The maximum Gasteiger partial charge on any atom is 0.233 e. The Hall–Kier alpha value is -1.60. The van der Waals surface area contributed by atoms with Gasteiger partial charge in [-0.25, -0.2) is 0 Å². The molecule has 12 rings (SSSR count). The van der Waals surface area contributed by atoms with Gasteiger partial charge in [-0.15, -0.1) is 0 Å². The molecule has 59 heavy (non-hydrogen) atoms. The van der Waals surface area contributed by atoms with E-state index in [2.05, 4.69) is 33.8 Å². The number of rotatable bonds is 4. The molecule has 8 bridgehead atoms. The predicted octanol–water partition coefficient (Wildman–Crippen LogP) is 7.39. The molecule has 6 aliphatic carbocycles. The molecule has 0 aromatic heterocycles. The Bertz CT molecular complexity index is 1960. The summed E-state index contributed by atoms with van der Waals surface area (Å²) in [5.74, 6) is 1.71. The van der Waals surface area contributed by atoms with Crippen molar-refractivity contribution in [3.8, 4) is 5.75 Å². The Morgan fingerprint density at radius 1 is 0.932 bits per heavy atom. The maximum atomic E-state index is 15.4. The van der Waals surface area contributed by atoms with E-state index in [1.54, 1.807) is 33.7 Å². The number of amides is 1. The fourth-order valence-corrected chi connectivity index (χ4v) is 19.4. The third-order valence-corrected chi connectivity index (χ3v) is 22.4. The number of nitrogens with zero attached hydrogens (tertiary/aromatic N) is 1. The summed E-state index contributed by atoms with van der Waals surface area (Å²) in [5.41, 5.74) is -3.72. The second-order valence-electron chi connectivity index (χ2n) is 21.9. The highest BCUT2D eigenvalue weighted by atomic mass is 33.1. The zero-order valence-electron chi connectivity index (χ0n) is 35.8. The minimum absolute atomic E-state index is 0.0429. The molecule has 11 heteroatoms. The highest BCUT2D eigenvalue weighted by Gasteiger charge is 2.81. The molecule has 324 valence electrons. The monoisotopic (exact) mass is 849 g/mol. The van der Waals surface area contributed by atoms with E-state index in [4.69, 9.17) is 4.74 Å². The number of epoxide rings is 1. The first kappa shape index (κ1) is 41.4. The summed E-state index contributed by atoms with van der Waals surface area (Å²) in [6, 6.07) is 5.58. The number of carbonyl (C=O) groups excluding carboxylic acids is 2. The van der Waals surface area contributed by atoms with Gasteiger partial charge in [-0.05, 0) is 148 Å². The fourth-order valence-electron chi connectivity index (χ4n) is 16.2. The number of aryl methyl sites for hydroxylation is 1. The third-order valence-electron chi connectivity index (χ3n) is 19.8. The number of allylic oxidation sites excluding steroid dienone is 1. The SMILES string of the molecule is CC(C)C(C)C1OC1C(C)(O)C1CCC2(O)C3=CC(=O)C45CSSCC6CCCCC67CCN(C7=O)c6cc(O)cc(c6)CCC12CCC31CCC(C(O)C(O)C4)C51C. The van der Waals surface area contributed by atoms with Crippen LogP contribution in [0.15, 0.2) is 29.8 Å². The number of phenols is 1. The first-order valence-corrected chi connectivity index (χ1v) is 25.5. The van der Waals surface area contributed by atoms with Gasteiger partial charge in [-0.3, -0.25) is 9.59 Å². The summed E-state index contributed by atoms with van der Waals surface area (Å²) < 4.78 is 6.39. The van der Waals surface area contributed by atoms with Crippen LogP contribution >= 0.6 is 21.6 Å². The molecule has 1 aromatic carbocycles. The molecule has 15 atom stereocenters. The molecule has 2 saturated heterocycles. The summed E-state index contributed by atoms with van der Waals surface area (Å²) in [4.78, 5) is 32.0. The number of aliphatic hydroxyl groups excluding tert-OH is 2. The quantitative estimate of drug-likeness (QED) is 0.153. The average molecular weight is 850 g/mol. The molecule has 1 aromatic rings. The number of phenolic OH excluding ortho intramolecular Hbond substituents is 1. The summed E-state index contributed by atoms with van der Waals surface area (Å²) in [5, 5.41) is 61.5. The molecular formula is C48H67NO8S2. The predicted molar refractivity (Wildman–Crippen MR) is 231 cm³/mol. The molecule has 7 fully saturated rings. The number of aromatic hydroxyl groups is 1. The number of carbonyl (C=O) groups is 2. The van der Waals surface area contributed by atoms with E-state index in [1.165, 1.54) is 0 Å². The molecule has 0 radical (unpaired) electrons. The lowest BCUT2D eigenvalue weighted by molar-refractivity contribution is -0.213. The molecule has 1 amide bonds. The van der Waals surface area contributed by atoms with Gasteiger partial charge in [0.05, 0.1) is 40.3 Å². The lowest BCUT2D eigenvalue weighted by Gasteiger charge is -2.69. The third kappa shape index (κ3) is 5.30. The van der Waals surface area contributed by atoms with Gasteiger partial charge < -0.3 is 35.2 Å². The minimum Gasteiger partial charge on any atom is -0.508 e. The summed E-state index contributed by atoms with van der Waals surface area (Å²) >= 11 is 0. The highest BCUT2D eigenvalue weighted by molar-refractivity contribution is 8.76. The van der Waals surface area contributed by atoms with Crippen LogP contribution in [0.3, 0.4) is 0 Å². The van der Waals surface area contributed by atoms with Crippen LogP contribution in [-0.2, 0) is 20.7 Å². The molecule has 11 aliphatic rings. The van der Waals surface area contributed by atoms with Gasteiger partial charge in [-0.2, -0.15) is 0 Å². The van der Waals surface area contributed by atoms with Gasteiger partial charge >= 0.3 is 0 Å². The highest BCUT2D eigenvalue weighted by Crippen LogP contribution is 2.81. The van der Waals surface area contributed by atoms with Crippen LogP contribution in [-0.4, -0.2) is 90.9 Å². The topological polar surface area (TPSA) is 151 Å². The molecule has 4 spiro atoms. The van der Waals surface area contributed by atoms with Crippen molar-refractivity contribution >= 4 is 39.0 Å². The van der Waals surface area contributed by atoms with Crippen molar-refractivity contribution in [1.29, 1.82) is 0 Å². The van der Waals surface area contributed by atoms with Gasteiger partial charge in [0.1, 0.15) is 11.9 Å². The van der Waals surface area contributed by atoms with Crippen molar-refractivity contribution in [3.63, 3.8) is 0 Å². The molecule has 9 nitrogen and oxygen atoms in total. The van der Waals surface area contributed by atoms with Crippen molar-refractivity contribution in [3.05, 3.63) is 35.4 Å². The van der Waals surface area contributed by atoms with E-state index >= 15 is 4.79 Å². The number of anilines is 1. The molecule has 5 heterocycles. The fraction of sp³-hybridized carbons (Fsp3) is 0.792. The Morgan fingerprint density at radius 2 is 1.73 bits per heavy atom. The Labute approximate surface area is 358 Å². The Balaban J connectivity index is 1.13. The first-order valence-electron chi connectivity index (χ1n) is 23.1. The summed E-state index contributed by atoms with van der Waals surface area (Å²) in [6.07, 6.45) is 9.08. The molecule has 5 saturated carbocycles. The van der Waals surface area contributed by atoms with E-state index in [0.29, 0.717) is 63.2 Å². The lowest BCUT2D eigenvalue weighted by Crippen LogP contribution is -2.71. The van der Waals surface area contributed by atoms with E-state index in [-0.39, 0.29) is 59.7 Å². The van der Waals surface area contributed by atoms with Crippen molar-refractivity contribution in [2.45, 2.75) is 160 Å². The first-order chi connectivity index (χ1) is 27.9. The van der Waals surface area contributed by atoms with Crippen molar-refractivity contribution in [2.24, 2.45) is 56.7 Å².